The fourth-order valence-corrected chi connectivity index (χ4v) is 0.732. The van der Waals surface area contributed by atoms with Crippen LogP contribution in [-0.4, -0.2) is 90.4 Å². The second-order valence-corrected chi connectivity index (χ2v) is 4.16. The standard InChI is InChI=1S/C7H18NO6.H3O4Si/c1-8(12-5-2-9,13-6-3-10)14-7-4-11;1-5(2,3)4/h9-11H,2-7H2,1H3;1-3H/q+1;-1. The van der Waals surface area contributed by atoms with Gasteiger partial charge in [-0.2, -0.15) is 0 Å². The van der Waals surface area contributed by atoms with Crippen LogP contribution in [0.2, 0.25) is 0 Å². The van der Waals surface area contributed by atoms with Crippen LogP contribution in [0.15, 0.2) is 0 Å². The predicted octanol–water partition coefficient (Wildman–Crippen LogP) is -5.04. The monoisotopic (exact) mass is 307 g/mol. The van der Waals surface area contributed by atoms with Crippen LogP contribution in [0.1, 0.15) is 0 Å². The summed E-state index contributed by atoms with van der Waals surface area (Å²) in [5.74, 6) is 0. The number of nitrogens with zero attached hydrogens (tertiary/aromatic N) is 1. The molecule has 0 radical (unpaired) electrons. The van der Waals surface area contributed by atoms with Crippen LogP contribution in [-0.2, 0) is 14.5 Å². The third kappa shape index (κ3) is 20.3. The number of hydrogen-bond donors (Lipinski definition) is 6. The molecule has 118 valence electrons. The third-order valence-electron chi connectivity index (χ3n) is 1.25. The number of rotatable bonds is 9. The van der Waals surface area contributed by atoms with Gasteiger partial charge in [-0.3, -0.25) is 0 Å². The van der Waals surface area contributed by atoms with Gasteiger partial charge in [0.25, 0.3) is 0 Å². The van der Waals surface area contributed by atoms with Gasteiger partial charge in [-0.25, -0.2) is 0 Å². The first-order valence-corrected chi connectivity index (χ1v) is 6.93. The van der Waals surface area contributed by atoms with Crippen LogP contribution < -0.4 is 4.80 Å². The topological polar surface area (TPSA) is 172 Å². The highest BCUT2D eigenvalue weighted by Gasteiger charge is 2.27. The van der Waals surface area contributed by atoms with Gasteiger partial charge in [0.2, 0.25) is 0 Å². The average molecular weight is 307 g/mol. The molecule has 12 heteroatoms. The number of aliphatic hydroxyl groups is 3. The Morgan fingerprint density at radius 3 is 1.21 bits per heavy atom. The van der Waals surface area contributed by atoms with Gasteiger partial charge in [0.1, 0.15) is 19.8 Å². The molecule has 0 rings (SSSR count). The molecule has 0 spiro atoms. The highest BCUT2D eigenvalue weighted by atomic mass is 28.4. The summed E-state index contributed by atoms with van der Waals surface area (Å²) in [7, 11) is -3.42. The lowest BCUT2D eigenvalue weighted by Crippen LogP contribution is -2.50. The Morgan fingerprint density at radius 1 is 0.842 bits per heavy atom. The van der Waals surface area contributed by atoms with E-state index < -0.39 is 14.0 Å². The Balaban J connectivity index is 0. The molecule has 0 saturated heterocycles. The van der Waals surface area contributed by atoms with E-state index in [-0.39, 0.29) is 39.6 Å². The van der Waals surface area contributed by atoms with E-state index in [1.807, 2.05) is 0 Å². The second-order valence-electron chi connectivity index (χ2n) is 3.02. The van der Waals surface area contributed by atoms with Crippen LogP contribution in [0.25, 0.3) is 0 Å². The van der Waals surface area contributed by atoms with E-state index in [0.717, 1.165) is 0 Å². The Hall–Kier alpha value is -0.223. The number of quaternary nitrogens is 1. The zero-order chi connectivity index (χ0) is 15.4. The molecule has 19 heavy (non-hydrogen) atoms. The molecule has 0 amide bonds. The predicted molar refractivity (Wildman–Crippen MR) is 57.7 cm³/mol. The van der Waals surface area contributed by atoms with Gasteiger partial charge in [-0.1, -0.05) is 0 Å². The minimum Gasteiger partial charge on any atom is -0.794 e. The fraction of sp³-hybridized carbons (Fsp3) is 1.00. The van der Waals surface area contributed by atoms with Gasteiger partial charge in [0.05, 0.1) is 24.8 Å². The lowest BCUT2D eigenvalue weighted by Gasteiger charge is -2.24. The first-order chi connectivity index (χ1) is 8.68. The molecule has 0 saturated carbocycles. The van der Waals surface area contributed by atoms with Crippen molar-refractivity contribution in [2.75, 3.05) is 46.7 Å². The molecular formula is C7H21NO10Si. The molecule has 6 N–H and O–H groups in total. The van der Waals surface area contributed by atoms with Gasteiger partial charge >= 0.3 is 9.05 Å². The first kappa shape index (κ1) is 21.1. The molecule has 0 fully saturated rings. The molecule has 0 heterocycles. The van der Waals surface area contributed by atoms with E-state index >= 15 is 0 Å². The van der Waals surface area contributed by atoms with Crippen LogP contribution in [0, 0.1) is 0 Å². The molecule has 0 bridgehead atoms. The fourth-order valence-electron chi connectivity index (χ4n) is 0.732. The third-order valence-corrected chi connectivity index (χ3v) is 1.25. The summed E-state index contributed by atoms with van der Waals surface area (Å²) in [4.78, 5) is 44.9. The van der Waals surface area contributed by atoms with Gasteiger partial charge in [0, 0.05) is 0 Å². The van der Waals surface area contributed by atoms with Crippen LogP contribution >= 0.6 is 0 Å². The van der Waals surface area contributed by atoms with Crippen molar-refractivity contribution in [2.45, 2.75) is 0 Å². The number of hydrogen-bond acceptors (Lipinski definition) is 10. The van der Waals surface area contributed by atoms with E-state index in [1.165, 1.54) is 7.05 Å². The summed E-state index contributed by atoms with van der Waals surface area (Å²) in [5.41, 5.74) is 0. The highest BCUT2D eigenvalue weighted by molar-refractivity contribution is 6.44. The Morgan fingerprint density at radius 2 is 1.05 bits per heavy atom. The zero-order valence-electron chi connectivity index (χ0n) is 10.5. The Labute approximate surface area is 111 Å². The number of aliphatic hydroxyl groups excluding tert-OH is 3. The average Bonchev–Trinajstić information content (AvgIpc) is 2.30. The molecule has 0 aromatic rings. The molecule has 0 aliphatic rings. The van der Waals surface area contributed by atoms with Crippen molar-refractivity contribution in [2.24, 2.45) is 0 Å². The SMILES string of the molecule is C[N+](OCCO)(OCCO)OCCO.[O-][Si](O)(O)O. The molecular weight excluding hydrogens is 286 g/mol. The highest BCUT2D eigenvalue weighted by Crippen LogP contribution is 2.06. The summed E-state index contributed by atoms with van der Waals surface area (Å²) in [6.07, 6.45) is 0. The quantitative estimate of drug-likeness (QED) is 0.137. The minimum absolute atomic E-state index is 0.0351. The van der Waals surface area contributed by atoms with Crippen molar-refractivity contribution in [3.63, 3.8) is 0 Å². The summed E-state index contributed by atoms with van der Waals surface area (Å²) >= 11 is 0. The Bertz CT molecular complexity index is 173. The van der Waals surface area contributed by atoms with Crippen molar-refractivity contribution in [3.8, 4) is 0 Å². The molecule has 0 aliphatic carbocycles. The maximum absolute atomic E-state index is 8.91. The van der Waals surface area contributed by atoms with Crippen LogP contribution in [0.3, 0.4) is 0 Å². The van der Waals surface area contributed by atoms with E-state index in [0.29, 0.717) is 0 Å². The molecule has 0 aromatic heterocycles. The minimum atomic E-state index is -4.86. The van der Waals surface area contributed by atoms with Crippen molar-refractivity contribution in [3.05, 3.63) is 0 Å². The summed E-state index contributed by atoms with van der Waals surface area (Å²) in [6, 6.07) is 0. The molecule has 0 aliphatic heterocycles. The first-order valence-electron chi connectivity index (χ1n) is 5.18. The van der Waals surface area contributed by atoms with Gasteiger partial charge in [0.15, 0.2) is 7.05 Å². The maximum Gasteiger partial charge on any atom is 0.404 e. The summed E-state index contributed by atoms with van der Waals surface area (Å²) in [6.45, 7) is -0.398. The van der Waals surface area contributed by atoms with Gasteiger partial charge in [-0.15, -0.1) is 14.5 Å². The summed E-state index contributed by atoms with van der Waals surface area (Å²) in [5, 5.41) is 25.6. The normalized spacial score (nSPS) is 12.0. The Kier molecular flexibility index (Phi) is 12.9. The molecule has 0 aromatic carbocycles. The van der Waals surface area contributed by atoms with E-state index in [9.17, 15) is 0 Å². The lowest BCUT2D eigenvalue weighted by atomic mass is 10.8. The van der Waals surface area contributed by atoms with Crippen molar-refractivity contribution < 1.29 is 54.0 Å². The lowest BCUT2D eigenvalue weighted by molar-refractivity contribution is -1.36. The molecule has 0 atom stereocenters. The zero-order valence-corrected chi connectivity index (χ0v) is 11.5. The molecule has 11 nitrogen and oxygen atoms in total. The van der Waals surface area contributed by atoms with Crippen LogP contribution in [0.4, 0.5) is 0 Å². The van der Waals surface area contributed by atoms with E-state index in [4.69, 9.17) is 49.0 Å². The second kappa shape index (κ2) is 11.6. The van der Waals surface area contributed by atoms with Crippen LogP contribution in [0.5, 0.6) is 0 Å². The van der Waals surface area contributed by atoms with Gasteiger partial charge in [-0.05, 0) is 0 Å². The largest absolute Gasteiger partial charge is 0.794 e. The van der Waals surface area contributed by atoms with Gasteiger partial charge < -0.3 is 34.5 Å². The summed E-state index contributed by atoms with van der Waals surface area (Å²) < 4.78 is 0. The number of hydroxylamine groups is 3. The van der Waals surface area contributed by atoms with Crippen molar-refractivity contribution in [1.82, 2.24) is 0 Å². The van der Waals surface area contributed by atoms with E-state index in [1.54, 1.807) is 0 Å². The molecule has 0 unspecified atom stereocenters. The van der Waals surface area contributed by atoms with E-state index in [2.05, 4.69) is 0 Å². The van der Waals surface area contributed by atoms with Crippen molar-refractivity contribution >= 4 is 9.05 Å². The maximum atomic E-state index is 8.91. The van der Waals surface area contributed by atoms with Crippen molar-refractivity contribution in [1.29, 1.82) is 0 Å². The smallest absolute Gasteiger partial charge is 0.404 e.